The van der Waals surface area contributed by atoms with Gasteiger partial charge in [0, 0.05) is 22.6 Å². The van der Waals surface area contributed by atoms with Gasteiger partial charge < -0.3 is 4.74 Å². The second-order valence-corrected chi connectivity index (χ2v) is 15.9. The van der Waals surface area contributed by atoms with E-state index in [1.807, 2.05) is 17.0 Å². The van der Waals surface area contributed by atoms with Crippen LogP contribution in [0.3, 0.4) is 0 Å². The van der Waals surface area contributed by atoms with E-state index >= 15 is 4.39 Å². The maximum atomic E-state index is 15.4. The highest BCUT2D eigenvalue weighted by Gasteiger charge is 2.55. The van der Waals surface area contributed by atoms with Gasteiger partial charge in [-0.3, -0.25) is 9.21 Å². The molecule has 0 bridgehead atoms. The highest BCUT2D eigenvalue weighted by Crippen LogP contribution is 2.52. The minimum Gasteiger partial charge on any atom is -0.363 e. The van der Waals surface area contributed by atoms with Gasteiger partial charge in [-0.05, 0) is 85.5 Å². The molecule has 1 saturated heterocycles. The van der Waals surface area contributed by atoms with Crippen LogP contribution < -0.4 is 4.31 Å². The second-order valence-electron chi connectivity index (χ2n) is 12.9. The summed E-state index contributed by atoms with van der Waals surface area (Å²) in [6, 6.07) is 18.4. The topological polar surface area (TPSA) is 49.9 Å². The van der Waals surface area contributed by atoms with E-state index < -0.39 is 57.5 Å². The van der Waals surface area contributed by atoms with Gasteiger partial charge in [0.2, 0.25) is 10.0 Å². The van der Waals surface area contributed by atoms with Crippen molar-refractivity contribution >= 4 is 38.9 Å². The van der Waals surface area contributed by atoms with Crippen LogP contribution in [0.4, 0.5) is 23.2 Å². The van der Waals surface area contributed by atoms with Gasteiger partial charge in [0.25, 0.3) is 0 Å². The smallest absolute Gasteiger partial charge is 0.363 e. The number of benzene rings is 3. The summed E-state index contributed by atoms with van der Waals surface area (Å²) in [6.07, 6.45) is -3.01. The number of anilines is 1. The van der Waals surface area contributed by atoms with Crippen molar-refractivity contribution in [2.24, 2.45) is 5.92 Å². The van der Waals surface area contributed by atoms with Crippen molar-refractivity contribution in [3.05, 3.63) is 112 Å². The third-order valence-electron chi connectivity index (χ3n) is 9.24. The number of alkyl halides is 3. The fraction of sp³-hybridized carbons (Fsp3) is 0.429. The molecule has 47 heavy (non-hydrogen) atoms. The van der Waals surface area contributed by atoms with Crippen LogP contribution in [0, 0.1) is 11.7 Å². The van der Waals surface area contributed by atoms with Crippen LogP contribution in [-0.2, 0) is 14.8 Å². The van der Waals surface area contributed by atoms with E-state index in [2.05, 4.69) is 6.58 Å². The first-order valence-corrected chi connectivity index (χ1v) is 17.9. The zero-order valence-corrected chi connectivity index (χ0v) is 27.9. The number of sulfonamides is 1. The molecule has 3 aromatic rings. The van der Waals surface area contributed by atoms with E-state index in [0.717, 1.165) is 22.7 Å². The van der Waals surface area contributed by atoms with Crippen LogP contribution in [0.25, 0.3) is 0 Å². The first-order valence-electron chi connectivity index (χ1n) is 15.7. The first kappa shape index (κ1) is 34.2. The van der Waals surface area contributed by atoms with Crippen LogP contribution in [0.1, 0.15) is 61.8 Å². The number of nitrogens with zero attached hydrogens (tertiary/aromatic N) is 2. The molecule has 1 aliphatic heterocycles. The van der Waals surface area contributed by atoms with Gasteiger partial charge in [-0.15, -0.1) is 6.58 Å². The number of rotatable bonds is 12. The van der Waals surface area contributed by atoms with Crippen LogP contribution in [0.2, 0.25) is 10.0 Å². The average Bonchev–Trinajstić information content (AvgIpc) is 3.91. The SMILES string of the molecule is C=CCC1(CC(F)(F)F)CN(C(CN(c2ccccc2F)S(=O)(=O)C2CC2)C2CC2)C(c2ccc(Cl)cc2)C(c2cccc(Cl)c2)O1. The molecule has 1 heterocycles. The molecular weight excluding hydrogens is 675 g/mol. The molecular formula is C35H36Cl2F4N2O3S. The molecule has 4 unspecified atom stereocenters. The van der Waals surface area contributed by atoms with Crippen LogP contribution in [0.5, 0.6) is 0 Å². The van der Waals surface area contributed by atoms with Crippen LogP contribution >= 0.6 is 23.2 Å². The van der Waals surface area contributed by atoms with Crippen molar-refractivity contribution < 1.29 is 30.7 Å². The van der Waals surface area contributed by atoms with Crippen molar-refractivity contribution in [1.82, 2.24) is 4.90 Å². The predicted octanol–water partition coefficient (Wildman–Crippen LogP) is 9.29. The Labute approximate surface area is 283 Å². The number of halogens is 6. The molecule has 6 rings (SSSR count). The molecule has 0 spiro atoms. The Morgan fingerprint density at radius 3 is 2.28 bits per heavy atom. The normalized spacial score (nSPS) is 24.6. The second kappa shape index (κ2) is 13.3. The van der Waals surface area contributed by atoms with Gasteiger partial charge in [0.1, 0.15) is 11.9 Å². The van der Waals surface area contributed by atoms with Crippen molar-refractivity contribution in [2.75, 3.05) is 17.4 Å². The van der Waals surface area contributed by atoms with Crippen molar-refractivity contribution in [1.29, 1.82) is 0 Å². The lowest BCUT2D eigenvalue weighted by Crippen LogP contribution is -2.60. The van der Waals surface area contributed by atoms with Gasteiger partial charge >= 0.3 is 6.18 Å². The standard InChI is InChI=1S/C35H36Cl2F4N2O3S/c1-2-18-34(21-35(39,40)41)22-42(32(24-12-14-26(36)15-13-24)33(46-34)25-6-5-7-27(37)19-25)31(23-10-11-23)20-43(47(44,45)28-16-17-28)30-9-4-3-8-29(30)38/h2-9,12-15,19,23,28,31-33H,1,10-11,16-18,20-22H2. The average molecular weight is 712 g/mol. The fourth-order valence-corrected chi connectivity index (χ4v) is 9.08. The number of hydrogen-bond donors (Lipinski definition) is 0. The van der Waals surface area contributed by atoms with E-state index in [1.54, 1.807) is 42.5 Å². The van der Waals surface area contributed by atoms with Gasteiger partial charge in [-0.2, -0.15) is 13.2 Å². The van der Waals surface area contributed by atoms with E-state index in [0.29, 0.717) is 28.5 Å². The summed E-state index contributed by atoms with van der Waals surface area (Å²) in [5.74, 6) is -0.726. The lowest BCUT2D eigenvalue weighted by molar-refractivity contribution is -0.245. The van der Waals surface area contributed by atoms with Crippen LogP contribution in [0.15, 0.2) is 85.5 Å². The quantitative estimate of drug-likeness (QED) is 0.139. The zero-order valence-electron chi connectivity index (χ0n) is 25.6. The summed E-state index contributed by atoms with van der Waals surface area (Å²) in [7, 11) is -3.97. The molecule has 3 aromatic carbocycles. The van der Waals surface area contributed by atoms with Gasteiger partial charge in [-0.1, -0.05) is 65.7 Å². The molecule has 0 aromatic heterocycles. The maximum Gasteiger partial charge on any atom is 0.391 e. The molecule has 2 saturated carbocycles. The van der Waals surface area contributed by atoms with Gasteiger partial charge in [0.05, 0.1) is 35.5 Å². The molecule has 4 atom stereocenters. The van der Waals surface area contributed by atoms with E-state index in [1.165, 1.54) is 24.3 Å². The summed E-state index contributed by atoms with van der Waals surface area (Å²) < 4.78 is 94.3. The summed E-state index contributed by atoms with van der Waals surface area (Å²) in [6.45, 7) is 3.47. The molecule has 0 amide bonds. The Kier molecular flexibility index (Phi) is 9.73. The zero-order chi connectivity index (χ0) is 33.6. The summed E-state index contributed by atoms with van der Waals surface area (Å²) in [5.41, 5.74) is -0.516. The van der Waals surface area contributed by atoms with Crippen molar-refractivity contribution in [3.8, 4) is 0 Å². The molecule has 3 aliphatic rings. The lowest BCUT2D eigenvalue weighted by atomic mass is 9.83. The molecule has 12 heteroatoms. The van der Waals surface area contributed by atoms with Crippen molar-refractivity contribution in [2.45, 2.75) is 73.7 Å². The molecule has 2 aliphatic carbocycles. The Bertz CT molecular complexity index is 1700. The van der Waals surface area contributed by atoms with E-state index in [-0.39, 0.29) is 31.1 Å². The molecule has 0 radical (unpaired) electrons. The van der Waals surface area contributed by atoms with Crippen LogP contribution in [-0.4, -0.2) is 49.5 Å². The number of hydrogen-bond acceptors (Lipinski definition) is 4. The fourth-order valence-electron chi connectivity index (χ4n) is 6.89. The lowest BCUT2D eigenvalue weighted by Gasteiger charge is -2.54. The Morgan fingerprint density at radius 2 is 1.68 bits per heavy atom. The van der Waals surface area contributed by atoms with E-state index in [9.17, 15) is 21.6 Å². The molecule has 3 fully saturated rings. The molecule has 0 N–H and O–H groups in total. The largest absolute Gasteiger partial charge is 0.391 e. The summed E-state index contributed by atoms with van der Waals surface area (Å²) in [5, 5.41) is 0.237. The van der Waals surface area contributed by atoms with Crippen molar-refractivity contribution in [3.63, 3.8) is 0 Å². The van der Waals surface area contributed by atoms with E-state index in [4.69, 9.17) is 27.9 Å². The van der Waals surface area contributed by atoms with Gasteiger partial charge in [-0.25, -0.2) is 12.8 Å². The highest BCUT2D eigenvalue weighted by atomic mass is 35.5. The molecule has 252 valence electrons. The third-order valence-corrected chi connectivity index (χ3v) is 12.0. The number of ether oxygens (including phenoxy) is 1. The third kappa shape index (κ3) is 7.67. The van der Waals surface area contributed by atoms with Gasteiger partial charge in [0.15, 0.2) is 0 Å². The minimum atomic E-state index is -4.58. The minimum absolute atomic E-state index is 0.0427. The Morgan fingerprint density at radius 1 is 0.979 bits per heavy atom. The predicted molar refractivity (Wildman–Crippen MR) is 177 cm³/mol. The Balaban J connectivity index is 1.53. The Hall–Kier alpha value is -2.63. The number of morpholine rings is 1. The summed E-state index contributed by atoms with van der Waals surface area (Å²) >= 11 is 12.7. The first-order chi connectivity index (χ1) is 22.3. The summed E-state index contributed by atoms with van der Waals surface area (Å²) in [4.78, 5) is 1.97. The molecule has 5 nitrogen and oxygen atoms in total. The number of para-hydroxylation sites is 1. The maximum absolute atomic E-state index is 15.4. The monoisotopic (exact) mass is 710 g/mol. The highest BCUT2D eigenvalue weighted by molar-refractivity contribution is 7.93.